The third-order valence-electron chi connectivity index (χ3n) is 1.96. The zero-order valence-electron chi connectivity index (χ0n) is 6.77. The minimum absolute atomic E-state index is 0.0206. The van der Waals surface area contributed by atoms with E-state index in [0.29, 0.717) is 0 Å². The number of hydrogen-bond acceptors (Lipinski definition) is 1. The smallest absolute Gasteiger partial charge is 0.329 e. The van der Waals surface area contributed by atoms with Gasteiger partial charge in [0.1, 0.15) is 0 Å². The van der Waals surface area contributed by atoms with Crippen molar-refractivity contribution < 1.29 is 18.0 Å². The number of likely N-dealkylation sites (tertiary alicyclic amines) is 1. The van der Waals surface area contributed by atoms with Gasteiger partial charge in [-0.15, -0.1) is 11.6 Å². The molecule has 0 bridgehead atoms. The Morgan fingerprint density at radius 1 is 1.54 bits per heavy atom. The van der Waals surface area contributed by atoms with Crippen LogP contribution in [0.4, 0.5) is 13.2 Å². The Kier molecular flexibility index (Phi) is 3.05. The average molecular weight is 216 g/mol. The monoisotopic (exact) mass is 215 g/mol. The van der Waals surface area contributed by atoms with Crippen LogP contribution in [-0.4, -0.2) is 29.5 Å². The van der Waals surface area contributed by atoms with E-state index in [4.69, 9.17) is 11.6 Å². The number of hydrogen-bond donors (Lipinski definition) is 0. The molecule has 0 spiro atoms. The topological polar surface area (TPSA) is 20.3 Å². The molecule has 0 aliphatic carbocycles. The molecule has 0 aromatic carbocycles. The highest BCUT2D eigenvalue weighted by atomic mass is 35.5. The fourth-order valence-corrected chi connectivity index (χ4v) is 1.66. The number of amides is 1. The Morgan fingerprint density at radius 2 is 2.15 bits per heavy atom. The van der Waals surface area contributed by atoms with E-state index in [1.807, 2.05) is 0 Å². The molecular formula is C7H9ClF3NO. The molecule has 0 saturated carbocycles. The Hall–Kier alpha value is -0.450. The van der Waals surface area contributed by atoms with E-state index >= 15 is 0 Å². The molecule has 0 radical (unpaired) electrons. The molecule has 1 aliphatic heterocycles. The lowest BCUT2D eigenvalue weighted by molar-refractivity contribution is -0.143. The molecule has 1 fully saturated rings. The summed E-state index contributed by atoms with van der Waals surface area (Å²) in [6.07, 6.45) is -5.12. The van der Waals surface area contributed by atoms with Crippen molar-refractivity contribution in [3.8, 4) is 0 Å². The molecule has 1 atom stereocenters. The quantitative estimate of drug-likeness (QED) is 0.510. The number of halogens is 4. The van der Waals surface area contributed by atoms with Crippen LogP contribution >= 0.6 is 11.6 Å². The van der Waals surface area contributed by atoms with Crippen LogP contribution in [0.25, 0.3) is 0 Å². The second-order valence-electron chi connectivity index (χ2n) is 3.13. The minimum Gasteiger partial charge on any atom is -0.329 e. The van der Waals surface area contributed by atoms with Crippen molar-refractivity contribution >= 4 is 17.5 Å². The Morgan fingerprint density at radius 3 is 2.54 bits per heavy atom. The molecule has 1 saturated heterocycles. The van der Waals surface area contributed by atoms with Crippen LogP contribution in [0.15, 0.2) is 0 Å². The van der Waals surface area contributed by atoms with Gasteiger partial charge in [0.05, 0.1) is 6.00 Å². The van der Waals surface area contributed by atoms with Crippen molar-refractivity contribution in [2.24, 2.45) is 5.92 Å². The van der Waals surface area contributed by atoms with Gasteiger partial charge in [0, 0.05) is 19.4 Å². The largest absolute Gasteiger partial charge is 0.389 e. The molecule has 1 unspecified atom stereocenters. The maximum absolute atomic E-state index is 11.9. The first kappa shape index (κ1) is 10.6. The number of alkyl halides is 4. The molecule has 2 nitrogen and oxygen atoms in total. The van der Waals surface area contributed by atoms with Gasteiger partial charge in [-0.25, -0.2) is 0 Å². The number of nitrogens with zero attached hydrogens (tertiary/aromatic N) is 1. The minimum atomic E-state index is -4.19. The second-order valence-corrected chi connectivity index (χ2v) is 3.36. The highest BCUT2D eigenvalue weighted by Crippen LogP contribution is 2.30. The Balaban J connectivity index is 2.45. The summed E-state index contributed by atoms with van der Waals surface area (Å²) in [5.41, 5.74) is 0. The molecule has 0 aromatic heterocycles. The molecule has 0 N–H and O–H groups in total. The molecule has 76 valence electrons. The van der Waals surface area contributed by atoms with Crippen LogP contribution in [0.2, 0.25) is 0 Å². The van der Waals surface area contributed by atoms with E-state index in [1.165, 1.54) is 4.90 Å². The zero-order valence-corrected chi connectivity index (χ0v) is 7.53. The van der Waals surface area contributed by atoms with Gasteiger partial charge in [0.25, 0.3) is 0 Å². The summed E-state index contributed by atoms with van der Waals surface area (Å²) in [6.45, 7) is 0.127. The molecule has 0 aromatic rings. The summed E-state index contributed by atoms with van der Waals surface area (Å²) in [7, 11) is 0. The highest BCUT2D eigenvalue weighted by molar-refractivity contribution is 6.18. The fourth-order valence-electron chi connectivity index (χ4n) is 1.43. The van der Waals surface area contributed by atoms with Crippen molar-refractivity contribution in [2.45, 2.75) is 19.0 Å². The van der Waals surface area contributed by atoms with Gasteiger partial charge in [0.2, 0.25) is 5.91 Å². The van der Waals surface area contributed by atoms with Crippen LogP contribution in [0.1, 0.15) is 12.8 Å². The lowest BCUT2D eigenvalue weighted by atomic mass is 10.1. The van der Waals surface area contributed by atoms with E-state index in [0.717, 1.165) is 0 Å². The third kappa shape index (κ3) is 3.06. The van der Waals surface area contributed by atoms with Crippen molar-refractivity contribution in [1.82, 2.24) is 4.90 Å². The van der Waals surface area contributed by atoms with Crippen LogP contribution in [-0.2, 0) is 4.79 Å². The molecule has 6 heteroatoms. The lowest BCUT2D eigenvalue weighted by Gasteiger charge is -2.13. The van der Waals surface area contributed by atoms with Gasteiger partial charge < -0.3 is 4.90 Å². The predicted molar refractivity (Wildman–Crippen MR) is 41.2 cm³/mol. The normalized spacial score (nSPS) is 24.2. The molecule has 1 rings (SSSR count). The van der Waals surface area contributed by atoms with Crippen LogP contribution < -0.4 is 0 Å². The summed E-state index contributed by atoms with van der Waals surface area (Å²) in [6, 6.07) is -0.0206. The van der Waals surface area contributed by atoms with Crippen molar-refractivity contribution in [1.29, 1.82) is 0 Å². The van der Waals surface area contributed by atoms with Crippen LogP contribution in [0.5, 0.6) is 0 Å². The fraction of sp³-hybridized carbons (Fsp3) is 0.857. The molecule has 13 heavy (non-hydrogen) atoms. The van der Waals surface area contributed by atoms with Crippen LogP contribution in [0, 0.1) is 5.92 Å². The van der Waals surface area contributed by atoms with E-state index in [9.17, 15) is 18.0 Å². The van der Waals surface area contributed by atoms with E-state index in [-0.39, 0.29) is 24.9 Å². The van der Waals surface area contributed by atoms with Crippen molar-refractivity contribution in [2.75, 3.05) is 12.5 Å². The maximum atomic E-state index is 11.9. The predicted octanol–water partition coefficient (Wildman–Crippen LogP) is 1.98. The number of carbonyl (C=O) groups excluding carboxylic acids is 1. The summed E-state index contributed by atoms with van der Waals surface area (Å²) in [4.78, 5) is 12.2. The van der Waals surface area contributed by atoms with E-state index < -0.39 is 18.5 Å². The number of rotatable bonds is 2. The first-order valence-electron chi connectivity index (χ1n) is 3.83. The first-order chi connectivity index (χ1) is 5.92. The first-order valence-corrected chi connectivity index (χ1v) is 4.36. The number of carbonyl (C=O) groups is 1. The van der Waals surface area contributed by atoms with Gasteiger partial charge in [0.15, 0.2) is 0 Å². The standard InChI is InChI=1S/C7H9ClF3NO/c8-4-12-3-5(1-6(12)13)2-7(9,10)11/h5H,1-4H2. The summed E-state index contributed by atoms with van der Waals surface area (Å²) >= 11 is 5.36. The molecule has 1 amide bonds. The highest BCUT2D eigenvalue weighted by Gasteiger charge is 2.38. The average Bonchev–Trinajstić information content (AvgIpc) is 2.26. The van der Waals surface area contributed by atoms with Gasteiger partial charge >= 0.3 is 6.18 Å². The van der Waals surface area contributed by atoms with Gasteiger partial charge in [-0.1, -0.05) is 0 Å². The third-order valence-corrected chi connectivity index (χ3v) is 2.25. The second kappa shape index (κ2) is 3.74. The molecular weight excluding hydrogens is 207 g/mol. The van der Waals surface area contributed by atoms with Gasteiger partial charge in [-0.3, -0.25) is 4.79 Å². The SMILES string of the molecule is O=C1CC(CC(F)(F)F)CN1CCl. The molecule has 1 aliphatic rings. The van der Waals surface area contributed by atoms with Crippen LogP contribution in [0.3, 0.4) is 0 Å². The van der Waals surface area contributed by atoms with Crippen molar-refractivity contribution in [3.63, 3.8) is 0 Å². The Bertz CT molecular complexity index is 206. The van der Waals surface area contributed by atoms with E-state index in [2.05, 4.69) is 0 Å². The van der Waals surface area contributed by atoms with E-state index in [1.54, 1.807) is 0 Å². The van der Waals surface area contributed by atoms with Gasteiger partial charge in [-0.2, -0.15) is 13.2 Å². The summed E-state index contributed by atoms with van der Waals surface area (Å²) in [5, 5.41) is 0. The van der Waals surface area contributed by atoms with Crippen molar-refractivity contribution in [3.05, 3.63) is 0 Å². The molecule has 1 heterocycles. The maximum Gasteiger partial charge on any atom is 0.389 e. The van der Waals surface area contributed by atoms with Gasteiger partial charge in [-0.05, 0) is 5.92 Å². The zero-order chi connectivity index (χ0) is 10.1. The Labute approximate surface area is 78.6 Å². The lowest BCUT2D eigenvalue weighted by Crippen LogP contribution is -2.24. The summed E-state index contributed by atoms with van der Waals surface area (Å²) < 4.78 is 35.7. The summed E-state index contributed by atoms with van der Waals surface area (Å²) in [5.74, 6) is -0.907.